The van der Waals surface area contributed by atoms with Crippen LogP contribution in [0.15, 0.2) is 42.7 Å². The molecule has 0 saturated carbocycles. The molecular formula is C25H36FN3O. The number of phenols is 1. The number of hydrogen-bond donors (Lipinski definition) is 2. The molecule has 0 radical (unpaired) electrons. The van der Waals surface area contributed by atoms with Gasteiger partial charge in [-0.3, -0.25) is 0 Å². The van der Waals surface area contributed by atoms with Gasteiger partial charge in [-0.1, -0.05) is 72.9 Å². The molecule has 2 aromatic carbocycles. The van der Waals surface area contributed by atoms with Gasteiger partial charge >= 0.3 is 0 Å². The molecule has 4 nitrogen and oxygen atoms in total. The predicted octanol–water partition coefficient (Wildman–Crippen LogP) is 7.43. The number of aromatic nitrogens is 2. The minimum Gasteiger partial charge on any atom is -0.506 e. The first-order chi connectivity index (χ1) is 14.5. The Morgan fingerprint density at radius 2 is 1.53 bits per heavy atom. The van der Waals surface area contributed by atoms with Crippen LogP contribution in [0.25, 0.3) is 22.0 Å². The van der Waals surface area contributed by atoms with Crippen LogP contribution < -0.4 is 5.32 Å². The molecule has 0 aliphatic rings. The second kappa shape index (κ2) is 13.5. The predicted molar refractivity (Wildman–Crippen MR) is 126 cm³/mol. The first-order valence-electron chi connectivity index (χ1n) is 11.0. The molecule has 1 aromatic heterocycles. The first kappa shape index (κ1) is 25.3. The van der Waals surface area contributed by atoms with E-state index in [1.165, 1.54) is 24.9 Å². The van der Waals surface area contributed by atoms with Gasteiger partial charge < -0.3 is 10.4 Å². The highest BCUT2D eigenvalue weighted by molar-refractivity contribution is 5.96. The molecule has 2 N–H and O–H groups in total. The van der Waals surface area contributed by atoms with Crippen molar-refractivity contribution in [2.75, 3.05) is 11.9 Å². The van der Waals surface area contributed by atoms with Gasteiger partial charge in [-0.05, 0) is 41.3 Å². The van der Waals surface area contributed by atoms with Crippen LogP contribution in [0.1, 0.15) is 60.8 Å². The molecule has 0 fully saturated rings. The lowest BCUT2D eigenvalue weighted by molar-refractivity contribution is 0.480. The normalized spacial score (nSPS) is 10.1. The molecule has 0 amide bonds. The third kappa shape index (κ3) is 6.97. The Bertz CT molecular complexity index is 877. The molecule has 0 aliphatic heterocycles. The molecular weight excluding hydrogens is 377 g/mol. The topological polar surface area (TPSA) is 58.0 Å². The van der Waals surface area contributed by atoms with Crippen LogP contribution in [0.3, 0.4) is 0 Å². The van der Waals surface area contributed by atoms with E-state index in [-0.39, 0.29) is 11.6 Å². The SMILES string of the molecule is CC.CCC.CCC(CC)CNc1ncnc2c(O)cc(-c3ccc(F)cc3)cc12. The van der Waals surface area contributed by atoms with E-state index < -0.39 is 0 Å². The van der Waals surface area contributed by atoms with Crippen molar-refractivity contribution in [3.8, 4) is 16.9 Å². The minimum atomic E-state index is -0.287. The van der Waals surface area contributed by atoms with Gasteiger partial charge in [-0.2, -0.15) is 0 Å². The minimum absolute atomic E-state index is 0.0878. The summed E-state index contributed by atoms with van der Waals surface area (Å²) < 4.78 is 13.2. The molecule has 164 valence electrons. The Hall–Kier alpha value is -2.69. The Labute approximate surface area is 180 Å². The number of hydrogen-bond acceptors (Lipinski definition) is 4. The van der Waals surface area contributed by atoms with E-state index in [0.717, 1.165) is 35.9 Å². The van der Waals surface area contributed by atoms with E-state index in [2.05, 4.69) is 43.0 Å². The van der Waals surface area contributed by atoms with Crippen LogP contribution in [0.5, 0.6) is 5.75 Å². The van der Waals surface area contributed by atoms with Gasteiger partial charge in [0.05, 0.1) is 0 Å². The highest BCUT2D eigenvalue weighted by Crippen LogP contribution is 2.33. The van der Waals surface area contributed by atoms with Gasteiger partial charge in [0.2, 0.25) is 0 Å². The molecule has 0 unspecified atom stereocenters. The summed E-state index contributed by atoms with van der Waals surface area (Å²) in [6.07, 6.45) is 4.89. The third-order valence-corrected chi connectivity index (χ3v) is 4.61. The maximum Gasteiger partial charge on any atom is 0.142 e. The van der Waals surface area contributed by atoms with Crippen LogP contribution in [0, 0.1) is 11.7 Å². The summed E-state index contributed by atoms with van der Waals surface area (Å²) in [7, 11) is 0. The molecule has 1 heterocycles. The maximum atomic E-state index is 13.2. The molecule has 3 rings (SSSR count). The Kier molecular flexibility index (Phi) is 11.4. The van der Waals surface area contributed by atoms with Crippen molar-refractivity contribution >= 4 is 16.7 Å². The van der Waals surface area contributed by atoms with Crippen LogP contribution in [0.4, 0.5) is 10.2 Å². The van der Waals surface area contributed by atoms with Crippen molar-refractivity contribution in [2.24, 2.45) is 5.92 Å². The van der Waals surface area contributed by atoms with Crippen molar-refractivity contribution < 1.29 is 9.50 Å². The highest BCUT2D eigenvalue weighted by Gasteiger charge is 2.12. The number of aromatic hydroxyl groups is 1. The van der Waals surface area contributed by atoms with Crippen molar-refractivity contribution in [3.63, 3.8) is 0 Å². The summed E-state index contributed by atoms with van der Waals surface area (Å²) in [5.74, 6) is 1.07. The smallest absolute Gasteiger partial charge is 0.142 e. The van der Waals surface area contributed by atoms with E-state index in [1.54, 1.807) is 18.2 Å². The fourth-order valence-electron chi connectivity index (χ4n) is 2.92. The van der Waals surface area contributed by atoms with Crippen molar-refractivity contribution in [3.05, 3.63) is 48.5 Å². The van der Waals surface area contributed by atoms with Gasteiger partial charge in [0, 0.05) is 11.9 Å². The molecule has 0 bridgehead atoms. The largest absolute Gasteiger partial charge is 0.506 e. The van der Waals surface area contributed by atoms with Crippen molar-refractivity contribution in [1.82, 2.24) is 9.97 Å². The molecule has 0 spiro atoms. The lowest BCUT2D eigenvalue weighted by Crippen LogP contribution is -2.13. The average Bonchev–Trinajstić information content (AvgIpc) is 2.77. The maximum absolute atomic E-state index is 13.2. The van der Waals surface area contributed by atoms with Gasteiger partial charge in [0.25, 0.3) is 0 Å². The van der Waals surface area contributed by atoms with E-state index in [1.807, 2.05) is 19.9 Å². The molecule has 30 heavy (non-hydrogen) atoms. The van der Waals surface area contributed by atoms with Crippen LogP contribution in [0.2, 0.25) is 0 Å². The number of nitrogens with one attached hydrogen (secondary N) is 1. The van der Waals surface area contributed by atoms with E-state index in [9.17, 15) is 9.50 Å². The third-order valence-electron chi connectivity index (χ3n) is 4.61. The van der Waals surface area contributed by atoms with Gasteiger partial charge in [0.15, 0.2) is 0 Å². The lowest BCUT2D eigenvalue weighted by atomic mass is 10.0. The van der Waals surface area contributed by atoms with Crippen molar-refractivity contribution in [1.29, 1.82) is 0 Å². The van der Waals surface area contributed by atoms with Crippen LogP contribution >= 0.6 is 0 Å². The number of benzene rings is 2. The summed E-state index contributed by atoms with van der Waals surface area (Å²) in [5.41, 5.74) is 2.13. The monoisotopic (exact) mass is 413 g/mol. The Balaban J connectivity index is 0.000000826. The second-order valence-electron chi connectivity index (χ2n) is 6.89. The number of nitrogens with zero attached hydrogens (tertiary/aromatic N) is 2. The number of halogens is 1. The molecule has 0 aliphatic carbocycles. The molecule has 3 aromatic rings. The van der Waals surface area contributed by atoms with Crippen molar-refractivity contribution in [2.45, 2.75) is 60.8 Å². The number of fused-ring (bicyclic) bond motifs is 1. The molecule has 0 saturated heterocycles. The summed E-state index contributed by atoms with van der Waals surface area (Å²) >= 11 is 0. The molecule has 0 atom stereocenters. The Morgan fingerprint density at radius 3 is 2.10 bits per heavy atom. The van der Waals surface area contributed by atoms with E-state index in [0.29, 0.717) is 17.3 Å². The molecule has 5 heteroatoms. The zero-order chi connectivity index (χ0) is 22.5. The highest BCUT2D eigenvalue weighted by atomic mass is 19.1. The van der Waals surface area contributed by atoms with Gasteiger partial charge in [0.1, 0.15) is 29.2 Å². The summed E-state index contributed by atoms with van der Waals surface area (Å²) in [6.45, 7) is 13.4. The van der Waals surface area contributed by atoms with Crippen LogP contribution in [-0.2, 0) is 0 Å². The fraction of sp³-hybridized carbons (Fsp3) is 0.440. The van der Waals surface area contributed by atoms with Gasteiger partial charge in [-0.25, -0.2) is 14.4 Å². The van der Waals surface area contributed by atoms with Crippen LogP contribution in [-0.4, -0.2) is 21.6 Å². The zero-order valence-corrected chi connectivity index (χ0v) is 19.2. The second-order valence-corrected chi connectivity index (χ2v) is 6.89. The number of rotatable bonds is 6. The standard InChI is InChI=1S/C20H22FN3O.C3H8.C2H6/c1-3-13(4-2)11-22-20-17-9-15(14-5-7-16(21)8-6-14)10-18(25)19(17)23-12-24-20;1-3-2;1-2/h5-10,12-13,25H,3-4,11H2,1-2H3,(H,22,23,24);3H2,1-2H3;1-2H3. The summed E-state index contributed by atoms with van der Waals surface area (Å²) in [6, 6.07) is 9.77. The lowest BCUT2D eigenvalue weighted by Gasteiger charge is -2.15. The van der Waals surface area contributed by atoms with E-state index >= 15 is 0 Å². The summed E-state index contributed by atoms with van der Waals surface area (Å²) in [5, 5.41) is 14.5. The van der Waals surface area contributed by atoms with Gasteiger partial charge in [-0.15, -0.1) is 0 Å². The summed E-state index contributed by atoms with van der Waals surface area (Å²) in [4.78, 5) is 8.54. The Morgan fingerprint density at radius 1 is 0.933 bits per heavy atom. The zero-order valence-electron chi connectivity index (χ0n) is 19.2. The number of phenolic OH excluding ortho intramolecular Hbond substituents is 1. The number of anilines is 1. The average molecular weight is 414 g/mol. The first-order valence-corrected chi connectivity index (χ1v) is 11.0. The fourth-order valence-corrected chi connectivity index (χ4v) is 2.92. The quantitative estimate of drug-likeness (QED) is 0.441. The van der Waals surface area contributed by atoms with E-state index in [4.69, 9.17) is 0 Å².